The molecule has 3 aromatic rings. The topological polar surface area (TPSA) is 92.5 Å². The number of para-hydroxylation sites is 2. The van der Waals surface area contributed by atoms with Gasteiger partial charge in [-0.1, -0.05) is 23.9 Å². The highest BCUT2D eigenvalue weighted by molar-refractivity contribution is 7.99. The number of thioether (sulfide) groups is 1. The number of aromatic nitrogens is 5. The van der Waals surface area contributed by atoms with Crippen LogP contribution in [0.15, 0.2) is 41.5 Å². The summed E-state index contributed by atoms with van der Waals surface area (Å²) in [6.07, 6.45) is 1.64. The molecule has 0 unspecified atom stereocenters. The lowest BCUT2D eigenvalue weighted by atomic mass is 10.2. The van der Waals surface area contributed by atoms with E-state index < -0.39 is 0 Å². The molecule has 2 aromatic heterocycles. The number of nitriles is 1. The first-order valence-corrected chi connectivity index (χ1v) is 8.39. The van der Waals surface area contributed by atoms with Gasteiger partial charge in [0.15, 0.2) is 11.0 Å². The van der Waals surface area contributed by atoms with Crippen molar-refractivity contribution in [2.45, 2.75) is 18.6 Å². The molecule has 0 radical (unpaired) electrons. The molecular formula is C16H16N6OS. The Kier molecular flexibility index (Phi) is 4.53. The van der Waals surface area contributed by atoms with Crippen molar-refractivity contribution in [1.29, 1.82) is 5.26 Å². The zero-order valence-electron chi connectivity index (χ0n) is 13.3. The molecule has 24 heavy (non-hydrogen) atoms. The average molecular weight is 340 g/mol. The molecule has 1 aromatic carbocycles. The molecule has 0 saturated heterocycles. The van der Waals surface area contributed by atoms with Crippen LogP contribution in [0.25, 0.3) is 16.6 Å². The molecule has 0 fully saturated rings. The van der Waals surface area contributed by atoms with Gasteiger partial charge in [0.1, 0.15) is 23.7 Å². The number of aliphatic hydroxyl groups excluding tert-OH is 1. The van der Waals surface area contributed by atoms with E-state index in [1.54, 1.807) is 6.33 Å². The van der Waals surface area contributed by atoms with Crippen molar-refractivity contribution in [3.05, 3.63) is 42.2 Å². The van der Waals surface area contributed by atoms with Gasteiger partial charge >= 0.3 is 0 Å². The van der Waals surface area contributed by atoms with Gasteiger partial charge in [0.2, 0.25) is 0 Å². The molecule has 0 atom stereocenters. The van der Waals surface area contributed by atoms with Gasteiger partial charge in [0, 0.05) is 13.6 Å². The van der Waals surface area contributed by atoms with E-state index in [-0.39, 0.29) is 17.1 Å². The highest BCUT2D eigenvalue weighted by Crippen LogP contribution is 2.25. The predicted molar refractivity (Wildman–Crippen MR) is 92.3 cm³/mol. The zero-order valence-corrected chi connectivity index (χ0v) is 14.2. The van der Waals surface area contributed by atoms with Gasteiger partial charge in [-0.2, -0.15) is 5.26 Å². The Bertz CT molecular complexity index is 949. The number of allylic oxidation sites excluding steroid dienone is 1. The summed E-state index contributed by atoms with van der Waals surface area (Å²) in [5, 5.41) is 28.5. The zero-order chi connectivity index (χ0) is 17.1. The number of hydrogen-bond acceptors (Lipinski definition) is 6. The fourth-order valence-electron chi connectivity index (χ4n) is 2.39. The van der Waals surface area contributed by atoms with Crippen molar-refractivity contribution in [3.63, 3.8) is 0 Å². The standard InChI is InChI=1S/C16H16N6OS/c1-3-22-10-18-20-16(22)24-9-14(23)11(8-17)15-19-12-6-4-5-7-13(12)21(15)2/h4-7,10,23H,3,9H2,1-2H3/b14-11-. The van der Waals surface area contributed by atoms with E-state index in [0.717, 1.165) is 17.6 Å². The van der Waals surface area contributed by atoms with Gasteiger partial charge in [0.05, 0.1) is 16.8 Å². The van der Waals surface area contributed by atoms with Crippen molar-refractivity contribution >= 4 is 28.4 Å². The first-order chi connectivity index (χ1) is 11.7. The molecule has 1 N–H and O–H groups in total. The fourth-order valence-corrected chi connectivity index (χ4v) is 3.25. The van der Waals surface area contributed by atoms with Crippen LogP contribution in [0.4, 0.5) is 0 Å². The van der Waals surface area contributed by atoms with Crippen LogP contribution in [0, 0.1) is 11.3 Å². The largest absolute Gasteiger partial charge is 0.510 e. The molecule has 2 heterocycles. The van der Waals surface area contributed by atoms with Crippen LogP contribution in [0.5, 0.6) is 0 Å². The lowest BCUT2D eigenvalue weighted by molar-refractivity contribution is 0.420. The summed E-state index contributed by atoms with van der Waals surface area (Å²) >= 11 is 1.33. The SMILES string of the molecule is CCn1cnnc1SC/C(O)=C(\C#N)c1nc2ccccc2n1C. The van der Waals surface area contributed by atoms with Crippen LogP contribution < -0.4 is 0 Å². The van der Waals surface area contributed by atoms with E-state index in [4.69, 9.17) is 0 Å². The molecule has 122 valence electrons. The molecule has 0 bridgehead atoms. The van der Waals surface area contributed by atoms with E-state index in [0.29, 0.717) is 11.0 Å². The smallest absolute Gasteiger partial charge is 0.191 e. The van der Waals surface area contributed by atoms with Crippen molar-refractivity contribution in [3.8, 4) is 6.07 Å². The van der Waals surface area contributed by atoms with Crippen molar-refractivity contribution < 1.29 is 5.11 Å². The quantitative estimate of drug-likeness (QED) is 0.436. The number of aliphatic hydroxyl groups is 1. The Hall–Kier alpha value is -2.79. The number of imidazole rings is 1. The van der Waals surface area contributed by atoms with Crippen LogP contribution in [0.1, 0.15) is 12.7 Å². The molecule has 0 aliphatic heterocycles. The summed E-state index contributed by atoms with van der Waals surface area (Å²) in [6, 6.07) is 9.68. The van der Waals surface area contributed by atoms with Crippen LogP contribution in [-0.2, 0) is 13.6 Å². The lowest BCUT2D eigenvalue weighted by Crippen LogP contribution is -2.02. The van der Waals surface area contributed by atoms with E-state index in [1.807, 2.05) is 47.4 Å². The molecule has 7 nitrogen and oxygen atoms in total. The van der Waals surface area contributed by atoms with E-state index in [2.05, 4.69) is 21.3 Å². The third-order valence-electron chi connectivity index (χ3n) is 3.67. The lowest BCUT2D eigenvalue weighted by Gasteiger charge is -2.05. The first-order valence-electron chi connectivity index (χ1n) is 7.40. The number of aryl methyl sites for hydroxylation is 2. The number of rotatable bonds is 5. The van der Waals surface area contributed by atoms with Gasteiger partial charge < -0.3 is 14.2 Å². The Labute approximate surface area is 143 Å². The van der Waals surface area contributed by atoms with Crippen LogP contribution in [0.2, 0.25) is 0 Å². The van der Waals surface area contributed by atoms with Crippen LogP contribution in [0.3, 0.4) is 0 Å². The summed E-state index contributed by atoms with van der Waals surface area (Å²) in [5.74, 6) is 0.658. The van der Waals surface area contributed by atoms with Gasteiger partial charge in [0.25, 0.3) is 0 Å². The minimum absolute atomic E-state index is 0.0217. The predicted octanol–water partition coefficient (Wildman–Crippen LogP) is 2.77. The number of hydrogen-bond donors (Lipinski definition) is 1. The number of nitrogens with zero attached hydrogens (tertiary/aromatic N) is 6. The average Bonchev–Trinajstić information content (AvgIpc) is 3.19. The highest BCUT2D eigenvalue weighted by atomic mass is 32.2. The minimum atomic E-state index is -0.0217. The molecule has 0 aliphatic carbocycles. The second kappa shape index (κ2) is 6.76. The van der Waals surface area contributed by atoms with E-state index in [1.165, 1.54) is 11.8 Å². The molecule has 8 heteroatoms. The van der Waals surface area contributed by atoms with E-state index in [9.17, 15) is 10.4 Å². The maximum absolute atomic E-state index is 10.4. The molecule has 3 rings (SSSR count). The maximum atomic E-state index is 10.4. The van der Waals surface area contributed by atoms with Crippen molar-refractivity contribution in [1.82, 2.24) is 24.3 Å². The maximum Gasteiger partial charge on any atom is 0.191 e. The molecule has 0 saturated carbocycles. The minimum Gasteiger partial charge on any atom is -0.510 e. The van der Waals surface area contributed by atoms with Gasteiger partial charge in [-0.25, -0.2) is 4.98 Å². The second-order valence-corrected chi connectivity index (χ2v) is 6.05. The number of fused-ring (bicyclic) bond motifs is 1. The summed E-state index contributed by atoms with van der Waals surface area (Å²) in [4.78, 5) is 4.46. The molecule has 0 spiro atoms. The first kappa shape index (κ1) is 16.1. The van der Waals surface area contributed by atoms with Crippen molar-refractivity contribution in [2.75, 3.05) is 5.75 Å². The Balaban J connectivity index is 1.92. The highest BCUT2D eigenvalue weighted by Gasteiger charge is 2.17. The van der Waals surface area contributed by atoms with E-state index >= 15 is 0 Å². The van der Waals surface area contributed by atoms with Gasteiger partial charge in [-0.3, -0.25) is 0 Å². The molecule has 0 amide bonds. The molecule has 0 aliphatic rings. The summed E-state index contributed by atoms with van der Waals surface area (Å²) in [6.45, 7) is 2.74. The van der Waals surface area contributed by atoms with Gasteiger partial charge in [-0.05, 0) is 19.1 Å². The normalized spacial score (nSPS) is 12.2. The van der Waals surface area contributed by atoms with Crippen molar-refractivity contribution in [2.24, 2.45) is 7.05 Å². The Morgan fingerprint density at radius 3 is 2.88 bits per heavy atom. The molecular weight excluding hydrogens is 324 g/mol. The van der Waals surface area contributed by atoms with Gasteiger partial charge in [-0.15, -0.1) is 10.2 Å². The monoisotopic (exact) mass is 340 g/mol. The summed E-state index contributed by atoms with van der Waals surface area (Å²) in [7, 11) is 1.83. The van der Waals surface area contributed by atoms with Crippen LogP contribution >= 0.6 is 11.8 Å². The third kappa shape index (κ3) is 2.86. The summed E-state index contributed by atoms with van der Waals surface area (Å²) in [5.41, 5.74) is 1.86. The summed E-state index contributed by atoms with van der Waals surface area (Å²) < 4.78 is 3.68. The van der Waals surface area contributed by atoms with Crippen LogP contribution in [-0.4, -0.2) is 35.2 Å². The second-order valence-electron chi connectivity index (χ2n) is 5.10. The third-order valence-corrected chi connectivity index (χ3v) is 4.66. The number of benzene rings is 1. The Morgan fingerprint density at radius 1 is 1.38 bits per heavy atom. The Morgan fingerprint density at radius 2 is 2.17 bits per heavy atom. The fraction of sp³-hybridized carbons (Fsp3) is 0.250.